The first kappa shape index (κ1) is 17.2. The molecule has 0 saturated carbocycles. The van der Waals surface area contributed by atoms with Gasteiger partial charge in [-0.1, -0.05) is 0 Å². The van der Waals surface area contributed by atoms with E-state index in [4.69, 9.17) is 14.6 Å². The maximum atomic E-state index is 12.9. The van der Waals surface area contributed by atoms with Crippen molar-refractivity contribution in [1.82, 2.24) is 5.32 Å². The van der Waals surface area contributed by atoms with Gasteiger partial charge in [-0.15, -0.1) is 0 Å². The van der Waals surface area contributed by atoms with Crippen molar-refractivity contribution in [3.8, 4) is 0 Å². The van der Waals surface area contributed by atoms with Crippen molar-refractivity contribution >= 4 is 5.91 Å². The van der Waals surface area contributed by atoms with Crippen LogP contribution >= 0.6 is 0 Å². The first-order valence-electron chi connectivity index (χ1n) is 6.02. The number of methoxy groups -OCH3 is 1. The molecule has 20 heavy (non-hydrogen) atoms. The molecule has 7 nitrogen and oxygen atoms in total. The second-order valence-corrected chi connectivity index (χ2v) is 4.72. The molecule has 0 aromatic carbocycles. The fraction of sp³-hybridized carbons (Fsp3) is 0.909. The van der Waals surface area contributed by atoms with Gasteiger partial charge in [0.2, 0.25) is 0 Å². The fourth-order valence-electron chi connectivity index (χ4n) is 1.96. The summed E-state index contributed by atoms with van der Waals surface area (Å²) in [6.07, 6.45) is -5.13. The average Bonchev–Trinajstić information content (AvgIpc) is 2.36. The molecule has 1 amide bonds. The lowest BCUT2D eigenvalue weighted by molar-refractivity contribution is -0.206. The SMILES string of the molecule is COCC1O[C@H](CO)[C@H](O)[C@H](O)C1NC(=O)C(C)(F)F. The third-order valence-corrected chi connectivity index (χ3v) is 3.06. The third kappa shape index (κ3) is 3.83. The molecule has 0 aromatic rings. The maximum absolute atomic E-state index is 12.9. The summed E-state index contributed by atoms with van der Waals surface area (Å²) < 4.78 is 35.8. The Bertz CT molecular complexity index is 337. The molecule has 1 rings (SSSR count). The van der Waals surface area contributed by atoms with Crippen molar-refractivity contribution < 1.29 is 38.4 Å². The summed E-state index contributed by atoms with van der Waals surface area (Å²) in [6.45, 7) is -0.264. The first-order chi connectivity index (χ1) is 9.22. The van der Waals surface area contributed by atoms with Crippen molar-refractivity contribution in [3.05, 3.63) is 0 Å². The fourth-order valence-corrected chi connectivity index (χ4v) is 1.96. The monoisotopic (exact) mass is 299 g/mol. The minimum Gasteiger partial charge on any atom is -0.394 e. The molecule has 0 radical (unpaired) electrons. The van der Waals surface area contributed by atoms with Gasteiger partial charge in [0.25, 0.3) is 5.91 Å². The lowest BCUT2D eigenvalue weighted by Crippen LogP contribution is -2.66. The Hall–Kier alpha value is -0.870. The van der Waals surface area contributed by atoms with E-state index >= 15 is 0 Å². The summed E-state index contributed by atoms with van der Waals surface area (Å²) in [5.74, 6) is -5.23. The van der Waals surface area contributed by atoms with Gasteiger partial charge < -0.3 is 30.1 Å². The Morgan fingerprint density at radius 3 is 2.40 bits per heavy atom. The van der Waals surface area contributed by atoms with Gasteiger partial charge in [0.05, 0.1) is 19.3 Å². The summed E-state index contributed by atoms with van der Waals surface area (Å²) >= 11 is 0. The molecule has 9 heteroatoms. The summed E-state index contributed by atoms with van der Waals surface area (Å²) in [4.78, 5) is 11.3. The molecule has 2 unspecified atom stereocenters. The van der Waals surface area contributed by atoms with E-state index in [1.807, 2.05) is 5.32 Å². The number of amides is 1. The smallest absolute Gasteiger partial charge is 0.321 e. The summed E-state index contributed by atoms with van der Waals surface area (Å²) in [5, 5.41) is 30.5. The topological polar surface area (TPSA) is 108 Å². The number of aliphatic hydroxyl groups excluding tert-OH is 3. The lowest BCUT2D eigenvalue weighted by Gasteiger charge is -2.42. The highest BCUT2D eigenvalue weighted by Gasteiger charge is 2.46. The Balaban J connectivity index is 2.86. The molecule has 5 atom stereocenters. The molecule has 118 valence electrons. The zero-order valence-electron chi connectivity index (χ0n) is 11.1. The highest BCUT2D eigenvalue weighted by atomic mass is 19.3. The van der Waals surface area contributed by atoms with Crippen LogP contribution in [0.1, 0.15) is 6.92 Å². The number of hydrogen-bond donors (Lipinski definition) is 4. The van der Waals surface area contributed by atoms with Crippen LogP contribution in [0.15, 0.2) is 0 Å². The minimum atomic E-state index is -3.63. The lowest BCUT2D eigenvalue weighted by atomic mass is 9.93. The van der Waals surface area contributed by atoms with Crippen LogP contribution in [0.3, 0.4) is 0 Å². The van der Waals surface area contributed by atoms with Crippen LogP contribution in [0.2, 0.25) is 0 Å². The van der Waals surface area contributed by atoms with E-state index in [9.17, 15) is 23.8 Å². The number of carbonyl (C=O) groups is 1. The van der Waals surface area contributed by atoms with E-state index in [-0.39, 0.29) is 6.61 Å². The number of carbonyl (C=O) groups excluding carboxylic acids is 1. The number of hydrogen-bond acceptors (Lipinski definition) is 6. The summed E-state index contributed by atoms with van der Waals surface area (Å²) in [6, 6.07) is -1.27. The quantitative estimate of drug-likeness (QED) is 0.480. The van der Waals surface area contributed by atoms with E-state index in [1.54, 1.807) is 0 Å². The molecule has 1 aliphatic heterocycles. The summed E-state index contributed by atoms with van der Waals surface area (Å²) in [7, 11) is 1.32. The Kier molecular flexibility index (Phi) is 5.78. The van der Waals surface area contributed by atoms with Crippen LogP contribution in [-0.4, -0.2) is 77.9 Å². The number of ether oxygens (including phenoxy) is 2. The molecule has 0 aromatic heterocycles. The Morgan fingerprint density at radius 1 is 1.35 bits per heavy atom. The first-order valence-corrected chi connectivity index (χ1v) is 6.02. The van der Waals surface area contributed by atoms with Gasteiger partial charge in [-0.25, -0.2) is 0 Å². The molecular weight excluding hydrogens is 280 g/mol. The number of halogens is 2. The highest BCUT2D eigenvalue weighted by Crippen LogP contribution is 2.23. The second kappa shape index (κ2) is 6.72. The average molecular weight is 299 g/mol. The van der Waals surface area contributed by atoms with Crippen molar-refractivity contribution in [2.24, 2.45) is 0 Å². The molecule has 0 spiro atoms. The van der Waals surface area contributed by atoms with E-state index in [2.05, 4.69) is 0 Å². The largest absolute Gasteiger partial charge is 0.394 e. The molecule has 1 fully saturated rings. The molecule has 4 N–H and O–H groups in total. The number of alkyl halides is 2. The Labute approximate surface area is 114 Å². The van der Waals surface area contributed by atoms with Gasteiger partial charge in [0.15, 0.2) is 0 Å². The molecule has 0 bridgehead atoms. The number of aliphatic hydroxyl groups is 3. The molecular formula is C11H19F2NO6. The predicted molar refractivity (Wildman–Crippen MR) is 62.2 cm³/mol. The van der Waals surface area contributed by atoms with Crippen LogP contribution in [0.5, 0.6) is 0 Å². The highest BCUT2D eigenvalue weighted by molar-refractivity contribution is 5.83. The Morgan fingerprint density at radius 2 is 1.95 bits per heavy atom. The number of nitrogens with one attached hydrogen (secondary N) is 1. The van der Waals surface area contributed by atoms with Crippen LogP contribution < -0.4 is 5.32 Å². The van der Waals surface area contributed by atoms with Crippen LogP contribution in [0.4, 0.5) is 8.78 Å². The van der Waals surface area contributed by atoms with E-state index in [1.165, 1.54) is 7.11 Å². The van der Waals surface area contributed by atoms with Gasteiger partial charge in [-0.05, 0) is 0 Å². The van der Waals surface area contributed by atoms with Crippen LogP contribution in [0.25, 0.3) is 0 Å². The van der Waals surface area contributed by atoms with E-state index in [0.29, 0.717) is 6.92 Å². The normalized spacial score (nSPS) is 34.9. The van der Waals surface area contributed by atoms with Crippen molar-refractivity contribution in [2.45, 2.75) is 43.3 Å². The zero-order chi connectivity index (χ0) is 15.5. The van der Waals surface area contributed by atoms with Crippen molar-refractivity contribution in [2.75, 3.05) is 20.3 Å². The van der Waals surface area contributed by atoms with Crippen LogP contribution in [0, 0.1) is 0 Å². The molecule has 1 saturated heterocycles. The minimum absolute atomic E-state index is 0.111. The van der Waals surface area contributed by atoms with E-state index < -0.39 is 48.9 Å². The molecule has 1 aliphatic rings. The third-order valence-electron chi connectivity index (χ3n) is 3.06. The second-order valence-electron chi connectivity index (χ2n) is 4.72. The molecule has 1 heterocycles. The summed E-state index contributed by atoms with van der Waals surface area (Å²) in [5.41, 5.74) is 0. The molecule has 0 aliphatic carbocycles. The van der Waals surface area contributed by atoms with Crippen LogP contribution in [-0.2, 0) is 14.3 Å². The maximum Gasteiger partial charge on any atom is 0.321 e. The van der Waals surface area contributed by atoms with Crippen molar-refractivity contribution in [3.63, 3.8) is 0 Å². The van der Waals surface area contributed by atoms with Gasteiger partial charge in [0, 0.05) is 14.0 Å². The van der Waals surface area contributed by atoms with Crippen molar-refractivity contribution in [1.29, 1.82) is 0 Å². The van der Waals surface area contributed by atoms with Gasteiger partial charge >= 0.3 is 5.92 Å². The number of rotatable bonds is 5. The van der Waals surface area contributed by atoms with Gasteiger partial charge in [0.1, 0.15) is 24.4 Å². The predicted octanol–water partition coefficient (Wildman–Crippen LogP) is -1.75. The van der Waals surface area contributed by atoms with Gasteiger partial charge in [-0.3, -0.25) is 4.79 Å². The van der Waals surface area contributed by atoms with E-state index in [0.717, 1.165) is 0 Å². The standard InChI is InChI=1S/C11H19F2NO6/c1-11(12,13)10(18)14-7-6(4-19-2)20-5(3-15)8(16)9(7)17/h5-9,15-17H,3-4H2,1-2H3,(H,14,18)/t5-,6?,7?,8+,9-/m1/s1. The zero-order valence-corrected chi connectivity index (χ0v) is 11.1. The van der Waals surface area contributed by atoms with Gasteiger partial charge in [-0.2, -0.15) is 8.78 Å².